The molecule has 0 radical (unpaired) electrons. The third kappa shape index (κ3) is 3.07. The molecule has 0 amide bonds. The van der Waals surface area contributed by atoms with Crippen LogP contribution in [0.2, 0.25) is 0 Å². The molecule has 1 rings (SSSR count). The average molecular weight is 237 g/mol. The second-order valence-corrected chi connectivity index (χ2v) is 4.44. The van der Waals surface area contributed by atoms with Crippen LogP contribution in [0.25, 0.3) is 0 Å². The second kappa shape index (κ2) is 6.29. The van der Waals surface area contributed by atoms with Gasteiger partial charge in [0.2, 0.25) is 0 Å². The second-order valence-electron chi connectivity index (χ2n) is 3.16. The van der Waals surface area contributed by atoms with Gasteiger partial charge in [0.05, 0.1) is 25.5 Å². The lowest BCUT2D eigenvalue weighted by molar-refractivity contribution is 0.354. The summed E-state index contributed by atoms with van der Waals surface area (Å²) in [6.07, 6.45) is 0.829. The average Bonchev–Trinajstić information content (AvgIpc) is 2.35. The Bertz CT molecular complexity index is 387. The zero-order chi connectivity index (χ0) is 12.0. The fraction of sp³-hybridized carbons (Fsp3) is 0.417. The summed E-state index contributed by atoms with van der Waals surface area (Å²) in [6, 6.07) is 7.94. The third-order valence-electron chi connectivity index (χ3n) is 2.15. The van der Waals surface area contributed by atoms with Crippen LogP contribution in [0.1, 0.15) is 13.3 Å². The van der Waals surface area contributed by atoms with E-state index in [2.05, 4.69) is 6.07 Å². The zero-order valence-corrected chi connectivity index (χ0v) is 10.5. The molecule has 16 heavy (non-hydrogen) atoms. The Morgan fingerprint density at radius 3 is 2.50 bits per heavy atom. The predicted octanol–water partition coefficient (Wildman–Crippen LogP) is 3.10. The number of rotatable bonds is 5. The molecule has 3 nitrogen and oxygen atoms in total. The summed E-state index contributed by atoms with van der Waals surface area (Å²) in [5, 5.41) is 8.87. The van der Waals surface area contributed by atoms with Crippen molar-refractivity contribution in [2.45, 2.75) is 23.5 Å². The van der Waals surface area contributed by atoms with Crippen molar-refractivity contribution in [3.8, 4) is 17.6 Å². The van der Waals surface area contributed by atoms with E-state index in [1.54, 1.807) is 26.0 Å². The molecule has 0 aliphatic carbocycles. The Morgan fingerprint density at radius 2 is 2.00 bits per heavy atom. The fourth-order valence-corrected chi connectivity index (χ4v) is 2.12. The van der Waals surface area contributed by atoms with Crippen molar-refractivity contribution < 1.29 is 9.47 Å². The van der Waals surface area contributed by atoms with Gasteiger partial charge in [0.25, 0.3) is 0 Å². The van der Waals surface area contributed by atoms with Crippen LogP contribution < -0.4 is 9.47 Å². The molecule has 0 fully saturated rings. The summed E-state index contributed by atoms with van der Waals surface area (Å²) >= 11 is 1.54. The van der Waals surface area contributed by atoms with Crippen LogP contribution in [0.3, 0.4) is 0 Å². The first-order valence-electron chi connectivity index (χ1n) is 5.03. The van der Waals surface area contributed by atoms with E-state index in [0.29, 0.717) is 11.5 Å². The van der Waals surface area contributed by atoms with E-state index in [1.807, 2.05) is 25.1 Å². The quantitative estimate of drug-likeness (QED) is 0.738. The number of benzene rings is 1. The standard InChI is InChI=1S/C12H15NO2S/c1-4-9(8-13)16-10-5-6-11(14-2)12(7-10)15-3/h5-7,9H,4H2,1-3H3/t9-/m0/s1. The van der Waals surface area contributed by atoms with Crippen LogP contribution in [0.4, 0.5) is 0 Å². The normalized spacial score (nSPS) is 11.6. The van der Waals surface area contributed by atoms with Crippen molar-refractivity contribution in [2.75, 3.05) is 14.2 Å². The van der Waals surface area contributed by atoms with Crippen LogP contribution in [0.15, 0.2) is 23.1 Å². The van der Waals surface area contributed by atoms with Gasteiger partial charge in [-0.3, -0.25) is 0 Å². The summed E-state index contributed by atoms with van der Waals surface area (Å²) in [5.74, 6) is 1.40. The van der Waals surface area contributed by atoms with Crippen LogP contribution in [-0.4, -0.2) is 19.5 Å². The van der Waals surface area contributed by atoms with Crippen molar-refractivity contribution in [1.82, 2.24) is 0 Å². The fourth-order valence-electron chi connectivity index (χ4n) is 1.26. The van der Waals surface area contributed by atoms with Gasteiger partial charge in [0.15, 0.2) is 11.5 Å². The summed E-state index contributed by atoms with van der Waals surface area (Å²) in [6.45, 7) is 2.00. The molecule has 1 aromatic rings. The van der Waals surface area contributed by atoms with E-state index in [4.69, 9.17) is 14.7 Å². The molecule has 0 N–H and O–H groups in total. The number of ether oxygens (including phenoxy) is 2. The molecular weight excluding hydrogens is 222 g/mol. The summed E-state index contributed by atoms with van der Waals surface area (Å²) in [5.41, 5.74) is 0. The van der Waals surface area contributed by atoms with Crippen molar-refractivity contribution in [3.63, 3.8) is 0 Å². The number of thioether (sulfide) groups is 1. The lowest BCUT2D eigenvalue weighted by atomic mass is 10.3. The zero-order valence-electron chi connectivity index (χ0n) is 9.69. The topological polar surface area (TPSA) is 42.2 Å². The molecule has 0 aromatic heterocycles. The van der Waals surface area contributed by atoms with Crippen molar-refractivity contribution >= 4 is 11.8 Å². The molecule has 0 aliphatic heterocycles. The Balaban J connectivity index is 2.87. The minimum absolute atomic E-state index is 0.0156. The van der Waals surface area contributed by atoms with E-state index in [1.165, 1.54) is 0 Å². The Kier molecular flexibility index (Phi) is 5.00. The van der Waals surface area contributed by atoms with Gasteiger partial charge in [-0.05, 0) is 24.6 Å². The van der Waals surface area contributed by atoms with Gasteiger partial charge < -0.3 is 9.47 Å². The van der Waals surface area contributed by atoms with Crippen LogP contribution in [0, 0.1) is 11.3 Å². The van der Waals surface area contributed by atoms with Gasteiger partial charge >= 0.3 is 0 Å². The molecule has 0 heterocycles. The lowest BCUT2D eigenvalue weighted by Gasteiger charge is -2.10. The number of hydrogen-bond acceptors (Lipinski definition) is 4. The lowest BCUT2D eigenvalue weighted by Crippen LogP contribution is -1.96. The van der Waals surface area contributed by atoms with Gasteiger partial charge in [0.1, 0.15) is 0 Å². The molecule has 0 aliphatic rings. The maximum Gasteiger partial charge on any atom is 0.161 e. The van der Waals surface area contributed by atoms with Crippen molar-refractivity contribution in [2.24, 2.45) is 0 Å². The number of nitriles is 1. The van der Waals surface area contributed by atoms with Crippen LogP contribution >= 0.6 is 11.8 Å². The third-order valence-corrected chi connectivity index (χ3v) is 3.40. The molecule has 4 heteroatoms. The van der Waals surface area contributed by atoms with Crippen molar-refractivity contribution in [3.05, 3.63) is 18.2 Å². The molecule has 0 saturated heterocycles. The first-order chi connectivity index (χ1) is 7.74. The number of nitrogens with zero attached hydrogens (tertiary/aromatic N) is 1. The first-order valence-corrected chi connectivity index (χ1v) is 5.91. The Labute approximate surface area is 100 Å². The molecule has 0 unspecified atom stereocenters. The van der Waals surface area contributed by atoms with E-state index in [9.17, 15) is 0 Å². The highest BCUT2D eigenvalue weighted by Crippen LogP contribution is 2.33. The highest BCUT2D eigenvalue weighted by Gasteiger charge is 2.09. The van der Waals surface area contributed by atoms with Gasteiger partial charge in [-0.25, -0.2) is 0 Å². The summed E-state index contributed by atoms with van der Waals surface area (Å²) in [7, 11) is 3.21. The maximum atomic E-state index is 8.89. The molecule has 0 saturated carbocycles. The molecular formula is C12H15NO2S. The summed E-state index contributed by atoms with van der Waals surface area (Å²) < 4.78 is 10.4. The van der Waals surface area contributed by atoms with Gasteiger partial charge in [-0.2, -0.15) is 5.26 Å². The van der Waals surface area contributed by atoms with Crippen molar-refractivity contribution in [1.29, 1.82) is 5.26 Å². The highest BCUT2D eigenvalue weighted by molar-refractivity contribution is 8.00. The first kappa shape index (κ1) is 12.7. The predicted molar refractivity (Wildman–Crippen MR) is 65.1 cm³/mol. The molecule has 0 spiro atoms. The minimum atomic E-state index is -0.0156. The number of hydrogen-bond donors (Lipinski definition) is 0. The Hall–Kier alpha value is -1.34. The van der Waals surface area contributed by atoms with Crippen LogP contribution in [0.5, 0.6) is 11.5 Å². The minimum Gasteiger partial charge on any atom is -0.493 e. The maximum absolute atomic E-state index is 8.89. The molecule has 0 bridgehead atoms. The Morgan fingerprint density at radius 1 is 1.31 bits per heavy atom. The smallest absolute Gasteiger partial charge is 0.161 e. The number of methoxy groups -OCH3 is 2. The van der Waals surface area contributed by atoms with E-state index < -0.39 is 0 Å². The van der Waals surface area contributed by atoms with E-state index in [0.717, 1.165) is 11.3 Å². The molecule has 1 atom stereocenters. The van der Waals surface area contributed by atoms with Gasteiger partial charge in [-0.1, -0.05) is 6.92 Å². The van der Waals surface area contributed by atoms with E-state index in [-0.39, 0.29) is 5.25 Å². The SMILES string of the molecule is CC[C@@H](C#N)Sc1ccc(OC)c(OC)c1. The molecule has 86 valence electrons. The molecule has 1 aromatic carbocycles. The largest absolute Gasteiger partial charge is 0.493 e. The van der Waals surface area contributed by atoms with E-state index >= 15 is 0 Å². The monoisotopic (exact) mass is 237 g/mol. The van der Waals surface area contributed by atoms with Gasteiger partial charge in [0, 0.05) is 4.90 Å². The highest BCUT2D eigenvalue weighted by atomic mass is 32.2. The van der Waals surface area contributed by atoms with Crippen LogP contribution in [-0.2, 0) is 0 Å². The summed E-state index contributed by atoms with van der Waals surface area (Å²) in [4.78, 5) is 1.02. The van der Waals surface area contributed by atoms with Gasteiger partial charge in [-0.15, -0.1) is 11.8 Å².